The van der Waals surface area contributed by atoms with Gasteiger partial charge >= 0.3 is 0 Å². The fourth-order valence-corrected chi connectivity index (χ4v) is 1.69. The van der Waals surface area contributed by atoms with Crippen molar-refractivity contribution in [3.8, 4) is 0 Å². The summed E-state index contributed by atoms with van der Waals surface area (Å²) < 4.78 is 0. The van der Waals surface area contributed by atoms with Crippen molar-refractivity contribution in [1.82, 2.24) is 0 Å². The molecule has 11 heavy (non-hydrogen) atoms. The number of aryl methyl sites for hydroxylation is 2. The molecule has 0 atom stereocenters. The lowest BCUT2D eigenvalue weighted by atomic mass is 9.89. The molecule has 0 spiro atoms. The van der Waals surface area contributed by atoms with Gasteiger partial charge in [0.25, 0.3) is 0 Å². The van der Waals surface area contributed by atoms with Gasteiger partial charge < -0.3 is 0 Å². The summed E-state index contributed by atoms with van der Waals surface area (Å²) in [6, 6.07) is 6.58. The predicted octanol–water partition coefficient (Wildman–Crippen LogP) is 2.57. The molecule has 1 aliphatic carbocycles. The summed E-state index contributed by atoms with van der Waals surface area (Å²) in [6.07, 6.45) is 6.77. The Hall–Kier alpha value is -0.780. The van der Waals surface area contributed by atoms with Crippen molar-refractivity contribution in [2.24, 2.45) is 0 Å². The largest absolute Gasteiger partial charge is 0.0617 e. The molecule has 0 saturated carbocycles. The molecule has 0 heterocycles. The topological polar surface area (TPSA) is 0 Å². The van der Waals surface area contributed by atoms with Crippen molar-refractivity contribution < 1.29 is 0 Å². The molecule has 0 bridgehead atoms. The molecule has 1 aromatic carbocycles. The Labute approximate surface area is 68.3 Å². The quantitative estimate of drug-likeness (QED) is 0.525. The molecule has 2 rings (SSSR count). The molecule has 2 radical (unpaired) electrons. The first-order valence-corrected chi connectivity index (χ1v) is 4.16. The number of hydrogen-bond donors (Lipinski definition) is 0. The van der Waals surface area contributed by atoms with Crippen LogP contribution < -0.4 is 0 Å². The molecular formula is C11H12. The lowest BCUT2D eigenvalue weighted by molar-refractivity contribution is 0.823. The second-order valence-electron chi connectivity index (χ2n) is 3.14. The van der Waals surface area contributed by atoms with E-state index in [1.165, 1.54) is 23.1 Å². The molecule has 0 heteroatoms. The molecule has 0 nitrogen and oxygen atoms in total. The molecule has 0 aliphatic heterocycles. The zero-order chi connectivity index (χ0) is 7.68. The van der Waals surface area contributed by atoms with Crippen LogP contribution in [0.15, 0.2) is 18.2 Å². The van der Waals surface area contributed by atoms with E-state index in [0.29, 0.717) is 0 Å². The van der Waals surface area contributed by atoms with E-state index in [4.69, 9.17) is 0 Å². The normalized spacial score (nSPS) is 16.1. The number of hydrogen-bond acceptors (Lipinski definition) is 0. The average molecular weight is 144 g/mol. The van der Waals surface area contributed by atoms with Crippen molar-refractivity contribution in [3.63, 3.8) is 0 Å². The van der Waals surface area contributed by atoms with Gasteiger partial charge in [-0.25, -0.2) is 0 Å². The maximum absolute atomic E-state index is 3.38. The molecular weight excluding hydrogens is 132 g/mol. The van der Waals surface area contributed by atoms with Crippen LogP contribution in [0.3, 0.4) is 0 Å². The van der Waals surface area contributed by atoms with Crippen molar-refractivity contribution >= 4 is 0 Å². The Kier molecular flexibility index (Phi) is 1.69. The first-order chi connectivity index (χ1) is 5.38. The summed E-state index contributed by atoms with van der Waals surface area (Å²) in [5.41, 5.74) is 4.47. The van der Waals surface area contributed by atoms with E-state index in [0.717, 1.165) is 12.8 Å². The molecule has 0 aromatic heterocycles. The summed E-state index contributed by atoms with van der Waals surface area (Å²) >= 11 is 0. The van der Waals surface area contributed by atoms with E-state index in [9.17, 15) is 0 Å². The summed E-state index contributed by atoms with van der Waals surface area (Å²) in [6.45, 7) is 2.19. The Morgan fingerprint density at radius 2 is 2.27 bits per heavy atom. The monoisotopic (exact) mass is 144 g/mol. The second kappa shape index (κ2) is 2.69. The second-order valence-corrected chi connectivity index (χ2v) is 3.14. The third kappa shape index (κ3) is 1.18. The van der Waals surface area contributed by atoms with Gasteiger partial charge in [-0.15, -0.1) is 0 Å². The summed E-state index contributed by atoms with van der Waals surface area (Å²) in [7, 11) is 0. The van der Waals surface area contributed by atoms with Crippen molar-refractivity contribution in [3.05, 3.63) is 41.3 Å². The van der Waals surface area contributed by atoms with Crippen LogP contribution in [0.1, 0.15) is 23.1 Å². The molecule has 0 saturated heterocycles. The third-order valence-corrected chi connectivity index (χ3v) is 2.38. The van der Waals surface area contributed by atoms with Crippen LogP contribution in [0.25, 0.3) is 0 Å². The molecule has 1 aliphatic rings. The van der Waals surface area contributed by atoms with Gasteiger partial charge in [0.2, 0.25) is 0 Å². The highest BCUT2D eigenvalue weighted by Crippen LogP contribution is 2.22. The third-order valence-electron chi connectivity index (χ3n) is 2.38. The molecule has 0 unspecified atom stereocenters. The highest BCUT2D eigenvalue weighted by molar-refractivity contribution is 5.37. The zero-order valence-corrected chi connectivity index (χ0v) is 6.85. The van der Waals surface area contributed by atoms with Gasteiger partial charge in [0, 0.05) is 0 Å². The lowest BCUT2D eigenvalue weighted by Crippen LogP contribution is -2.04. The fraction of sp³-hybridized carbons (Fsp3) is 0.364. The van der Waals surface area contributed by atoms with Crippen LogP contribution in [-0.2, 0) is 12.8 Å². The number of benzene rings is 1. The highest BCUT2D eigenvalue weighted by Gasteiger charge is 2.09. The summed E-state index contributed by atoms with van der Waals surface area (Å²) in [5.74, 6) is 0. The Balaban J connectivity index is 2.49. The van der Waals surface area contributed by atoms with Crippen LogP contribution in [0, 0.1) is 13.3 Å². The first kappa shape index (κ1) is 6.90. The van der Waals surface area contributed by atoms with Crippen LogP contribution >= 0.6 is 0 Å². The Bertz CT molecular complexity index is 261. The lowest BCUT2D eigenvalue weighted by Gasteiger charge is -2.16. The van der Waals surface area contributed by atoms with Gasteiger partial charge in [-0.3, -0.25) is 0 Å². The van der Waals surface area contributed by atoms with Gasteiger partial charge in [0.1, 0.15) is 0 Å². The molecule has 56 valence electrons. The van der Waals surface area contributed by atoms with E-state index in [-0.39, 0.29) is 0 Å². The molecule has 0 N–H and O–H groups in total. The van der Waals surface area contributed by atoms with E-state index in [2.05, 4.69) is 31.5 Å². The molecule has 0 amide bonds. The average Bonchev–Trinajstić information content (AvgIpc) is 2.06. The minimum absolute atomic E-state index is 1.06. The van der Waals surface area contributed by atoms with Crippen molar-refractivity contribution in [1.29, 1.82) is 0 Å². The van der Waals surface area contributed by atoms with E-state index in [1.54, 1.807) is 0 Å². The Morgan fingerprint density at radius 3 is 3.09 bits per heavy atom. The summed E-state index contributed by atoms with van der Waals surface area (Å²) in [4.78, 5) is 0. The van der Waals surface area contributed by atoms with Crippen molar-refractivity contribution in [2.75, 3.05) is 0 Å². The maximum Gasteiger partial charge on any atom is -0.0123 e. The van der Waals surface area contributed by atoms with Crippen LogP contribution in [0.4, 0.5) is 0 Å². The minimum Gasteiger partial charge on any atom is -0.0617 e. The zero-order valence-electron chi connectivity index (χ0n) is 6.85. The number of rotatable bonds is 0. The Morgan fingerprint density at radius 1 is 1.36 bits per heavy atom. The van der Waals surface area contributed by atoms with Crippen LogP contribution in [0.5, 0.6) is 0 Å². The minimum atomic E-state index is 1.06. The van der Waals surface area contributed by atoms with E-state index >= 15 is 0 Å². The molecule has 0 fully saturated rings. The van der Waals surface area contributed by atoms with Crippen molar-refractivity contribution in [2.45, 2.75) is 26.2 Å². The van der Waals surface area contributed by atoms with E-state index < -0.39 is 0 Å². The van der Waals surface area contributed by atoms with Crippen LogP contribution in [-0.4, -0.2) is 0 Å². The summed E-state index contributed by atoms with van der Waals surface area (Å²) in [5, 5.41) is 0. The highest BCUT2D eigenvalue weighted by atomic mass is 14.1. The fourth-order valence-electron chi connectivity index (χ4n) is 1.69. The predicted molar refractivity (Wildman–Crippen MR) is 46.4 cm³/mol. The first-order valence-electron chi connectivity index (χ1n) is 4.16. The van der Waals surface area contributed by atoms with Gasteiger partial charge in [0.15, 0.2) is 0 Å². The SMILES string of the molecule is Cc1cccc2c1C[C]CC2. The van der Waals surface area contributed by atoms with Gasteiger partial charge in [0.05, 0.1) is 0 Å². The maximum atomic E-state index is 3.38. The standard InChI is InChI=1S/C11H12/c1-9-5-4-7-10-6-2-3-8-11(9)10/h4-5,7H,2,6,8H2,1H3. The van der Waals surface area contributed by atoms with Gasteiger partial charge in [-0.05, 0) is 49.3 Å². The van der Waals surface area contributed by atoms with Crippen LogP contribution in [0.2, 0.25) is 0 Å². The smallest absolute Gasteiger partial charge is 0.0123 e. The molecule has 1 aromatic rings. The van der Waals surface area contributed by atoms with Gasteiger partial charge in [-0.2, -0.15) is 0 Å². The van der Waals surface area contributed by atoms with E-state index in [1.807, 2.05) is 0 Å². The number of fused-ring (bicyclic) bond motifs is 1. The van der Waals surface area contributed by atoms with Gasteiger partial charge in [-0.1, -0.05) is 18.2 Å².